The molecule has 0 spiro atoms. The smallest absolute Gasteiger partial charge is 0.261 e. The molecule has 3 aromatic rings. The van der Waals surface area contributed by atoms with Crippen molar-refractivity contribution in [3.63, 3.8) is 0 Å². The van der Waals surface area contributed by atoms with Gasteiger partial charge in [-0.05, 0) is 39.0 Å². The molecule has 0 aliphatic rings. The fourth-order valence-electron chi connectivity index (χ4n) is 3.56. The summed E-state index contributed by atoms with van der Waals surface area (Å²) in [5.41, 5.74) is 1.60. The summed E-state index contributed by atoms with van der Waals surface area (Å²) in [6.07, 6.45) is 6.04. The number of nitrogens with one attached hydrogen (secondary N) is 1. The predicted octanol–water partition coefficient (Wildman–Crippen LogP) is 4.35. The summed E-state index contributed by atoms with van der Waals surface area (Å²) < 4.78 is 8.39. The summed E-state index contributed by atoms with van der Waals surface area (Å²) in [7, 11) is 1.53. The van der Waals surface area contributed by atoms with Crippen LogP contribution < -0.4 is 10.1 Å². The second-order valence-electron chi connectivity index (χ2n) is 7.35. The van der Waals surface area contributed by atoms with E-state index in [2.05, 4.69) is 27.1 Å². The number of aliphatic imine (C=N–C) groups is 1. The summed E-state index contributed by atoms with van der Waals surface area (Å²) in [5.74, 6) is 0.314. The van der Waals surface area contributed by atoms with Crippen LogP contribution in [-0.4, -0.2) is 62.7 Å². The quantitative estimate of drug-likeness (QED) is 0.419. The molecule has 35 heavy (non-hydrogen) atoms. The van der Waals surface area contributed by atoms with E-state index in [1.807, 2.05) is 13.8 Å². The summed E-state index contributed by atoms with van der Waals surface area (Å²) in [4.78, 5) is 31.9. The Bertz CT molecular complexity index is 1260. The van der Waals surface area contributed by atoms with Crippen LogP contribution in [0.2, 0.25) is 5.02 Å². The Morgan fingerprint density at radius 3 is 2.69 bits per heavy atom. The fourth-order valence-corrected chi connectivity index (χ4v) is 3.74. The molecule has 0 aliphatic carbocycles. The number of anilines is 1. The second kappa shape index (κ2) is 11.5. The standard InChI is InChI=1S/C24H28ClN7O3/c1-6-26-23-18(13-27-32(23)9-4)24(34)28-19-14-31(15-21(33)30(7-2)8-3)29-22(19)17-12-16(25)10-11-20(17)35-5/h6,9-14H,4,7-8,15H2,1-3,5H3,(H,28,34). The van der Waals surface area contributed by atoms with Gasteiger partial charge in [0.25, 0.3) is 5.91 Å². The highest BCUT2D eigenvalue weighted by Crippen LogP contribution is 2.36. The molecule has 2 amide bonds. The van der Waals surface area contributed by atoms with E-state index < -0.39 is 5.91 Å². The molecule has 0 saturated heterocycles. The van der Waals surface area contributed by atoms with Gasteiger partial charge in [0.2, 0.25) is 5.91 Å². The van der Waals surface area contributed by atoms with Crippen molar-refractivity contribution in [3.8, 4) is 17.0 Å². The number of hydrogen-bond donors (Lipinski definition) is 1. The molecule has 1 aromatic carbocycles. The lowest BCUT2D eigenvalue weighted by Gasteiger charge is -2.18. The number of rotatable bonds is 10. The highest BCUT2D eigenvalue weighted by atomic mass is 35.5. The number of likely N-dealkylation sites (N-methyl/N-ethyl adjacent to an activating group) is 1. The molecule has 0 saturated carbocycles. The lowest BCUT2D eigenvalue weighted by atomic mass is 10.1. The highest BCUT2D eigenvalue weighted by Gasteiger charge is 2.22. The number of hydrogen-bond acceptors (Lipinski definition) is 6. The first-order valence-corrected chi connectivity index (χ1v) is 11.4. The van der Waals surface area contributed by atoms with Crippen LogP contribution in [0.4, 0.5) is 11.5 Å². The van der Waals surface area contributed by atoms with E-state index in [1.54, 1.807) is 42.4 Å². The topological polar surface area (TPSA) is 107 Å². The van der Waals surface area contributed by atoms with E-state index in [4.69, 9.17) is 16.3 Å². The number of nitrogens with zero attached hydrogens (tertiary/aromatic N) is 6. The molecule has 0 unspecified atom stereocenters. The molecule has 184 valence electrons. The van der Waals surface area contributed by atoms with Crippen LogP contribution in [0, 0.1) is 0 Å². The summed E-state index contributed by atoms with van der Waals surface area (Å²) in [6.45, 7) is 10.4. The van der Waals surface area contributed by atoms with Crippen LogP contribution in [0.5, 0.6) is 5.75 Å². The van der Waals surface area contributed by atoms with Gasteiger partial charge in [-0.25, -0.2) is 9.67 Å². The molecule has 1 N–H and O–H groups in total. The largest absolute Gasteiger partial charge is 0.496 e. The Kier molecular flexibility index (Phi) is 8.43. The van der Waals surface area contributed by atoms with Crippen molar-refractivity contribution in [2.75, 3.05) is 25.5 Å². The minimum absolute atomic E-state index is 0.00715. The van der Waals surface area contributed by atoms with Crippen LogP contribution in [0.25, 0.3) is 17.5 Å². The van der Waals surface area contributed by atoms with Crippen LogP contribution in [0.1, 0.15) is 31.1 Å². The zero-order valence-corrected chi connectivity index (χ0v) is 20.9. The third kappa shape index (κ3) is 5.60. The molecule has 3 rings (SSSR count). The molecular formula is C24H28ClN7O3. The maximum Gasteiger partial charge on any atom is 0.261 e. The third-order valence-corrected chi connectivity index (χ3v) is 5.51. The van der Waals surface area contributed by atoms with Crippen molar-refractivity contribution in [2.45, 2.75) is 27.3 Å². The number of amides is 2. The summed E-state index contributed by atoms with van der Waals surface area (Å²) in [5, 5.41) is 12.1. The lowest BCUT2D eigenvalue weighted by molar-refractivity contribution is -0.131. The van der Waals surface area contributed by atoms with Gasteiger partial charge in [0.05, 0.1) is 19.0 Å². The number of ether oxygens (including phenoxy) is 1. The van der Waals surface area contributed by atoms with Crippen molar-refractivity contribution in [1.82, 2.24) is 24.5 Å². The van der Waals surface area contributed by atoms with E-state index >= 15 is 0 Å². The fraction of sp³-hybridized carbons (Fsp3) is 0.292. The van der Waals surface area contributed by atoms with E-state index in [-0.39, 0.29) is 18.0 Å². The van der Waals surface area contributed by atoms with Gasteiger partial charge in [0.15, 0.2) is 5.82 Å². The third-order valence-electron chi connectivity index (χ3n) is 5.28. The Morgan fingerprint density at radius 1 is 1.31 bits per heavy atom. The van der Waals surface area contributed by atoms with E-state index in [1.165, 1.54) is 28.9 Å². The van der Waals surface area contributed by atoms with Crippen LogP contribution >= 0.6 is 11.6 Å². The van der Waals surface area contributed by atoms with Crippen molar-refractivity contribution in [1.29, 1.82) is 0 Å². The zero-order chi connectivity index (χ0) is 25.5. The molecular weight excluding hydrogens is 470 g/mol. The second-order valence-corrected chi connectivity index (χ2v) is 7.79. The first-order valence-electron chi connectivity index (χ1n) is 11.1. The highest BCUT2D eigenvalue weighted by molar-refractivity contribution is 6.31. The van der Waals surface area contributed by atoms with Crippen LogP contribution in [-0.2, 0) is 11.3 Å². The molecule has 0 fully saturated rings. The Hall–Kier alpha value is -3.92. The van der Waals surface area contributed by atoms with Crippen LogP contribution in [0.3, 0.4) is 0 Å². The van der Waals surface area contributed by atoms with Gasteiger partial charge in [-0.3, -0.25) is 14.3 Å². The van der Waals surface area contributed by atoms with E-state index in [9.17, 15) is 9.59 Å². The van der Waals surface area contributed by atoms with E-state index in [0.29, 0.717) is 46.6 Å². The molecule has 10 nitrogen and oxygen atoms in total. The average Bonchev–Trinajstić information content (AvgIpc) is 3.43. The average molecular weight is 498 g/mol. The lowest BCUT2D eigenvalue weighted by Crippen LogP contribution is -2.33. The number of halogens is 1. The van der Waals surface area contributed by atoms with Gasteiger partial charge < -0.3 is 15.0 Å². The SMILES string of the molecule is C=Cn1ncc(C(=O)Nc2cn(CC(=O)N(CC)CC)nc2-c2cc(Cl)ccc2OC)c1N=CC. The Morgan fingerprint density at radius 2 is 2.06 bits per heavy atom. The molecule has 11 heteroatoms. The van der Waals surface area contributed by atoms with Crippen molar-refractivity contribution < 1.29 is 14.3 Å². The number of methoxy groups -OCH3 is 1. The molecule has 2 aromatic heterocycles. The van der Waals surface area contributed by atoms with Crippen molar-refractivity contribution >= 4 is 47.3 Å². The molecule has 0 aliphatic heterocycles. The van der Waals surface area contributed by atoms with Crippen LogP contribution in [0.15, 0.2) is 42.2 Å². The molecule has 0 bridgehead atoms. The number of benzene rings is 1. The van der Waals surface area contributed by atoms with Gasteiger partial charge in [0.1, 0.15) is 23.6 Å². The van der Waals surface area contributed by atoms with Gasteiger partial charge in [-0.1, -0.05) is 18.2 Å². The van der Waals surface area contributed by atoms with Gasteiger partial charge >= 0.3 is 0 Å². The summed E-state index contributed by atoms with van der Waals surface area (Å²) in [6, 6.07) is 5.10. The molecule has 2 heterocycles. The summed E-state index contributed by atoms with van der Waals surface area (Å²) >= 11 is 6.25. The number of aromatic nitrogens is 4. The van der Waals surface area contributed by atoms with Gasteiger partial charge in [-0.15, -0.1) is 0 Å². The Balaban J connectivity index is 2.06. The first-order chi connectivity index (χ1) is 16.9. The normalized spacial score (nSPS) is 11.0. The van der Waals surface area contributed by atoms with E-state index in [0.717, 1.165) is 0 Å². The number of carbonyl (C=O) groups excluding carboxylic acids is 2. The van der Waals surface area contributed by atoms with Crippen molar-refractivity contribution in [3.05, 3.63) is 47.8 Å². The minimum Gasteiger partial charge on any atom is -0.496 e. The molecule has 0 radical (unpaired) electrons. The minimum atomic E-state index is -0.449. The predicted molar refractivity (Wildman–Crippen MR) is 138 cm³/mol. The number of carbonyl (C=O) groups is 2. The first kappa shape index (κ1) is 25.7. The maximum atomic E-state index is 13.2. The molecule has 0 atom stereocenters. The Labute approximate surface area is 208 Å². The maximum absolute atomic E-state index is 13.2. The van der Waals surface area contributed by atoms with Gasteiger partial charge in [-0.2, -0.15) is 10.2 Å². The van der Waals surface area contributed by atoms with Crippen molar-refractivity contribution in [2.24, 2.45) is 4.99 Å². The monoisotopic (exact) mass is 497 g/mol. The zero-order valence-electron chi connectivity index (χ0n) is 20.2. The van der Waals surface area contributed by atoms with Gasteiger partial charge in [0, 0.05) is 42.3 Å².